The molecule has 0 bridgehead atoms. The number of piperazine rings is 1. The second-order valence-electron chi connectivity index (χ2n) is 5.96. The summed E-state index contributed by atoms with van der Waals surface area (Å²) >= 11 is 0. The first-order valence-corrected chi connectivity index (χ1v) is 9.58. The van der Waals surface area contributed by atoms with Gasteiger partial charge in [0.15, 0.2) is 0 Å². The zero-order valence-electron chi connectivity index (χ0n) is 14.3. The topological polar surface area (TPSA) is 140 Å². The molecule has 0 spiro atoms. The number of nitrogens with zero attached hydrogens (tertiary/aromatic N) is 3. The molecule has 1 aromatic carbocycles. The average molecular weight is 394 g/mol. The predicted molar refractivity (Wildman–Crippen MR) is 94.4 cm³/mol. The highest BCUT2D eigenvalue weighted by Crippen LogP contribution is 2.22. The molecule has 1 aromatic heterocycles. The molecule has 2 aromatic rings. The van der Waals surface area contributed by atoms with Gasteiger partial charge in [0.05, 0.1) is 21.9 Å². The average Bonchev–Trinajstić information content (AvgIpc) is 3.17. The number of nitro groups is 1. The standard InChI is InChI=1S/C16H18N4O6S/c17-10-14-8-12(11-26-14)16(21)18-4-6-19(7-5-18)27(24,25)15-3-1-2-13(9-15)20(22)23/h1-3,8-9,11H,4-7,10,17H2. The molecule has 11 heteroatoms. The third-order valence-corrected chi connectivity index (χ3v) is 6.19. The molecule has 3 rings (SSSR count). The summed E-state index contributed by atoms with van der Waals surface area (Å²) in [6.07, 6.45) is 1.33. The quantitative estimate of drug-likeness (QED) is 0.584. The summed E-state index contributed by atoms with van der Waals surface area (Å²) in [5.74, 6) is 0.232. The lowest BCUT2D eigenvalue weighted by atomic mass is 10.2. The van der Waals surface area contributed by atoms with Crippen LogP contribution in [0.4, 0.5) is 5.69 Å². The van der Waals surface area contributed by atoms with Crippen molar-refractivity contribution >= 4 is 21.6 Å². The lowest BCUT2D eigenvalue weighted by Crippen LogP contribution is -2.50. The Morgan fingerprint density at radius 1 is 1.22 bits per heavy atom. The largest absolute Gasteiger partial charge is 0.467 e. The fourth-order valence-electron chi connectivity index (χ4n) is 2.82. The third-order valence-electron chi connectivity index (χ3n) is 4.29. The zero-order chi connectivity index (χ0) is 19.6. The van der Waals surface area contributed by atoms with Gasteiger partial charge in [-0.2, -0.15) is 4.31 Å². The predicted octanol–water partition coefficient (Wildman–Crippen LogP) is 0.793. The number of sulfonamides is 1. The van der Waals surface area contributed by atoms with Crippen molar-refractivity contribution < 1.29 is 22.6 Å². The van der Waals surface area contributed by atoms with E-state index in [9.17, 15) is 23.3 Å². The van der Waals surface area contributed by atoms with Crippen LogP contribution in [0.15, 0.2) is 45.9 Å². The number of hydrogen-bond acceptors (Lipinski definition) is 7. The van der Waals surface area contributed by atoms with Crippen LogP contribution in [0, 0.1) is 10.1 Å². The van der Waals surface area contributed by atoms with Gasteiger partial charge >= 0.3 is 0 Å². The van der Waals surface area contributed by atoms with E-state index in [2.05, 4.69) is 0 Å². The lowest BCUT2D eigenvalue weighted by Gasteiger charge is -2.33. The number of furan rings is 1. The maximum absolute atomic E-state index is 12.7. The lowest BCUT2D eigenvalue weighted by molar-refractivity contribution is -0.385. The zero-order valence-corrected chi connectivity index (χ0v) is 15.1. The first kappa shape index (κ1) is 19.0. The Hall–Kier alpha value is -2.76. The van der Waals surface area contributed by atoms with Gasteiger partial charge in [-0.15, -0.1) is 0 Å². The normalized spacial score (nSPS) is 15.7. The number of amides is 1. The second kappa shape index (κ2) is 7.47. The SMILES string of the molecule is NCc1cc(C(=O)N2CCN(S(=O)(=O)c3cccc([N+](=O)[O-])c3)CC2)co1. The van der Waals surface area contributed by atoms with Gasteiger partial charge in [0.2, 0.25) is 10.0 Å². The number of nitrogens with two attached hydrogens (primary N) is 1. The van der Waals surface area contributed by atoms with E-state index in [1.165, 1.54) is 33.7 Å². The van der Waals surface area contributed by atoms with Gasteiger partial charge < -0.3 is 15.1 Å². The van der Waals surface area contributed by atoms with Crippen LogP contribution < -0.4 is 5.73 Å². The van der Waals surface area contributed by atoms with Gasteiger partial charge in [-0.3, -0.25) is 14.9 Å². The van der Waals surface area contributed by atoms with E-state index in [-0.39, 0.29) is 49.2 Å². The molecule has 1 fully saturated rings. The van der Waals surface area contributed by atoms with Crippen LogP contribution in [-0.4, -0.2) is 54.6 Å². The first-order chi connectivity index (χ1) is 12.8. The molecule has 0 unspecified atom stereocenters. The van der Waals surface area contributed by atoms with E-state index in [0.29, 0.717) is 11.3 Å². The molecule has 0 radical (unpaired) electrons. The van der Waals surface area contributed by atoms with Crippen LogP contribution in [0.2, 0.25) is 0 Å². The molecule has 144 valence electrons. The van der Waals surface area contributed by atoms with Crippen LogP contribution in [0.5, 0.6) is 0 Å². The summed E-state index contributed by atoms with van der Waals surface area (Å²) < 4.78 is 31.8. The highest BCUT2D eigenvalue weighted by molar-refractivity contribution is 7.89. The van der Waals surface area contributed by atoms with Crippen molar-refractivity contribution in [3.63, 3.8) is 0 Å². The molecule has 2 N–H and O–H groups in total. The van der Waals surface area contributed by atoms with E-state index >= 15 is 0 Å². The number of carbonyl (C=O) groups is 1. The highest BCUT2D eigenvalue weighted by Gasteiger charge is 2.31. The molecule has 1 amide bonds. The Balaban J connectivity index is 1.70. The summed E-state index contributed by atoms with van der Waals surface area (Å²) in [5, 5.41) is 10.9. The maximum Gasteiger partial charge on any atom is 0.270 e. The van der Waals surface area contributed by atoms with Crippen molar-refractivity contribution in [2.75, 3.05) is 26.2 Å². The minimum atomic E-state index is -3.88. The molecular weight excluding hydrogens is 376 g/mol. The number of benzene rings is 1. The number of hydrogen-bond donors (Lipinski definition) is 1. The summed E-state index contributed by atoms with van der Waals surface area (Å²) in [6, 6.07) is 6.48. The maximum atomic E-state index is 12.7. The highest BCUT2D eigenvalue weighted by atomic mass is 32.2. The molecule has 0 saturated carbocycles. The monoisotopic (exact) mass is 394 g/mol. The molecule has 27 heavy (non-hydrogen) atoms. The molecule has 10 nitrogen and oxygen atoms in total. The molecule has 1 aliphatic heterocycles. The van der Waals surface area contributed by atoms with Crippen LogP contribution >= 0.6 is 0 Å². The van der Waals surface area contributed by atoms with Crippen molar-refractivity contribution in [3.05, 3.63) is 58.0 Å². The minimum absolute atomic E-state index is 0.0956. The van der Waals surface area contributed by atoms with Crippen LogP contribution in [0.25, 0.3) is 0 Å². The fourth-order valence-corrected chi connectivity index (χ4v) is 4.28. The Morgan fingerprint density at radius 2 is 1.93 bits per heavy atom. The van der Waals surface area contributed by atoms with Crippen molar-refractivity contribution in [2.24, 2.45) is 5.73 Å². The minimum Gasteiger partial charge on any atom is -0.467 e. The van der Waals surface area contributed by atoms with Crippen molar-refractivity contribution in [1.82, 2.24) is 9.21 Å². The molecular formula is C16H18N4O6S. The van der Waals surface area contributed by atoms with Gasteiger partial charge in [-0.25, -0.2) is 8.42 Å². The molecule has 1 saturated heterocycles. The van der Waals surface area contributed by atoms with Crippen LogP contribution in [-0.2, 0) is 16.6 Å². The third kappa shape index (κ3) is 3.84. The van der Waals surface area contributed by atoms with E-state index in [1.54, 1.807) is 6.07 Å². The van der Waals surface area contributed by atoms with Crippen molar-refractivity contribution in [1.29, 1.82) is 0 Å². The van der Waals surface area contributed by atoms with E-state index in [0.717, 1.165) is 6.07 Å². The number of nitro benzene ring substituents is 1. The van der Waals surface area contributed by atoms with Gasteiger partial charge in [0.1, 0.15) is 12.0 Å². The van der Waals surface area contributed by atoms with Crippen LogP contribution in [0.3, 0.4) is 0 Å². The van der Waals surface area contributed by atoms with E-state index < -0.39 is 14.9 Å². The summed E-state index contributed by atoms with van der Waals surface area (Å²) in [6.45, 7) is 0.783. The molecule has 0 aliphatic carbocycles. The fraction of sp³-hybridized carbons (Fsp3) is 0.312. The summed E-state index contributed by atoms with van der Waals surface area (Å²) in [5.41, 5.74) is 5.53. The second-order valence-corrected chi connectivity index (χ2v) is 7.89. The van der Waals surface area contributed by atoms with Gasteiger partial charge in [-0.1, -0.05) is 6.07 Å². The number of carbonyl (C=O) groups excluding carboxylic acids is 1. The summed E-state index contributed by atoms with van der Waals surface area (Å²) in [7, 11) is -3.88. The Labute approximate surface area is 155 Å². The number of non-ortho nitro benzene ring substituents is 1. The Morgan fingerprint density at radius 3 is 2.52 bits per heavy atom. The Bertz CT molecular complexity index is 963. The van der Waals surface area contributed by atoms with Crippen molar-refractivity contribution in [2.45, 2.75) is 11.4 Å². The number of rotatable bonds is 5. The Kier molecular flexibility index (Phi) is 5.26. The van der Waals surface area contributed by atoms with Crippen LogP contribution in [0.1, 0.15) is 16.1 Å². The summed E-state index contributed by atoms with van der Waals surface area (Å²) in [4.78, 5) is 24.1. The van der Waals surface area contributed by atoms with E-state index in [1.807, 2.05) is 0 Å². The van der Waals surface area contributed by atoms with Gasteiger partial charge in [0, 0.05) is 38.3 Å². The van der Waals surface area contributed by atoms with E-state index in [4.69, 9.17) is 10.2 Å². The molecule has 0 atom stereocenters. The smallest absolute Gasteiger partial charge is 0.270 e. The van der Waals surface area contributed by atoms with Gasteiger partial charge in [-0.05, 0) is 12.1 Å². The molecule has 1 aliphatic rings. The first-order valence-electron chi connectivity index (χ1n) is 8.14. The van der Waals surface area contributed by atoms with Gasteiger partial charge in [0.25, 0.3) is 11.6 Å². The van der Waals surface area contributed by atoms with Crippen molar-refractivity contribution in [3.8, 4) is 0 Å². The molecule has 2 heterocycles.